The SMILES string of the molecule is O=C(Cc1ncccn1)C[N+]12CCC(CC1)[C@@H](OC(=O)C1(c3ccccc3)CCCCCC1)C2. The highest BCUT2D eigenvalue weighted by Gasteiger charge is 2.50. The lowest BCUT2D eigenvalue weighted by molar-refractivity contribution is -0.939. The fourth-order valence-electron chi connectivity index (χ4n) is 6.55. The molecule has 3 aliphatic heterocycles. The molecule has 0 unspecified atom stereocenters. The minimum atomic E-state index is -0.533. The van der Waals surface area contributed by atoms with Crippen molar-refractivity contribution in [2.45, 2.75) is 69.3 Å². The number of aromatic nitrogens is 2. The van der Waals surface area contributed by atoms with Crippen LogP contribution in [-0.4, -0.2) is 58.5 Å². The number of Topliss-reactive ketones (excluding diaryl/α,β-unsaturated/α-hetero) is 1. The Balaban J connectivity index is 1.30. The van der Waals surface area contributed by atoms with Gasteiger partial charge in [0.15, 0.2) is 11.9 Å². The van der Waals surface area contributed by atoms with Crippen molar-refractivity contribution in [3.05, 3.63) is 60.2 Å². The molecular formula is C28H36N3O3+. The van der Waals surface area contributed by atoms with Crippen molar-refractivity contribution in [2.24, 2.45) is 5.92 Å². The molecule has 4 aliphatic rings. The molecule has 0 amide bonds. The van der Waals surface area contributed by atoms with Crippen molar-refractivity contribution in [3.63, 3.8) is 0 Å². The summed E-state index contributed by atoms with van der Waals surface area (Å²) in [5.41, 5.74) is 0.569. The number of piperidine rings is 3. The van der Waals surface area contributed by atoms with Gasteiger partial charge in [0.25, 0.3) is 0 Å². The number of hydrogen-bond donors (Lipinski definition) is 0. The molecule has 6 heteroatoms. The van der Waals surface area contributed by atoms with E-state index < -0.39 is 5.41 Å². The lowest BCUT2D eigenvalue weighted by Gasteiger charge is -2.52. The van der Waals surface area contributed by atoms with Crippen molar-refractivity contribution in [3.8, 4) is 0 Å². The fraction of sp³-hybridized carbons (Fsp3) is 0.571. The summed E-state index contributed by atoms with van der Waals surface area (Å²) in [6.07, 6.45) is 11.8. The Morgan fingerprint density at radius 2 is 1.62 bits per heavy atom. The van der Waals surface area contributed by atoms with Crippen LogP contribution in [-0.2, 0) is 26.2 Å². The zero-order valence-corrected chi connectivity index (χ0v) is 20.0. The molecule has 180 valence electrons. The van der Waals surface area contributed by atoms with E-state index in [9.17, 15) is 9.59 Å². The van der Waals surface area contributed by atoms with E-state index in [1.54, 1.807) is 18.5 Å². The zero-order valence-electron chi connectivity index (χ0n) is 20.0. The van der Waals surface area contributed by atoms with Gasteiger partial charge in [-0.15, -0.1) is 0 Å². The third-order valence-electron chi connectivity index (χ3n) is 8.46. The fourth-order valence-corrected chi connectivity index (χ4v) is 6.55. The van der Waals surface area contributed by atoms with Crippen LogP contribution in [0.2, 0.25) is 0 Å². The summed E-state index contributed by atoms with van der Waals surface area (Å²) in [5.74, 6) is 1.12. The number of carbonyl (C=O) groups excluding carboxylic acids is 2. The maximum absolute atomic E-state index is 13.9. The highest BCUT2D eigenvalue weighted by Crippen LogP contribution is 2.42. The van der Waals surface area contributed by atoms with E-state index in [0.717, 1.165) is 68.2 Å². The minimum Gasteiger partial charge on any atom is -0.455 e. The largest absolute Gasteiger partial charge is 0.455 e. The van der Waals surface area contributed by atoms with Gasteiger partial charge < -0.3 is 9.22 Å². The van der Waals surface area contributed by atoms with E-state index in [1.807, 2.05) is 18.2 Å². The van der Waals surface area contributed by atoms with Crippen LogP contribution in [0.3, 0.4) is 0 Å². The number of fused-ring (bicyclic) bond motifs is 3. The molecule has 2 bridgehead atoms. The predicted octanol–water partition coefficient (Wildman–Crippen LogP) is 4.03. The Morgan fingerprint density at radius 3 is 2.29 bits per heavy atom. The second kappa shape index (κ2) is 9.95. The number of carbonyl (C=O) groups is 2. The number of ether oxygens (including phenoxy) is 1. The maximum atomic E-state index is 13.9. The standard InChI is InChI=1S/C28H36N3O3/c32-24(19-26-29-15-8-16-30-26)20-31-17-11-22(12-18-31)25(21-31)34-27(33)28(13-6-1-2-7-14-28)23-9-4-3-5-10-23/h3-5,8-10,15-16,22,25H,1-2,6-7,11-14,17-21H2/q+1/t22?,25-,31?/m0/s1. The second-order valence-corrected chi connectivity index (χ2v) is 10.7. The molecule has 0 N–H and O–H groups in total. The molecule has 1 atom stereocenters. The van der Waals surface area contributed by atoms with Gasteiger partial charge in [0.2, 0.25) is 0 Å². The molecule has 3 saturated heterocycles. The minimum absolute atomic E-state index is 0.0403. The van der Waals surface area contributed by atoms with Gasteiger partial charge in [0.05, 0.1) is 24.9 Å². The first-order chi connectivity index (χ1) is 16.6. The third-order valence-corrected chi connectivity index (χ3v) is 8.46. The molecule has 1 aliphatic carbocycles. The molecule has 34 heavy (non-hydrogen) atoms. The number of quaternary nitrogens is 1. The molecule has 0 radical (unpaired) electrons. The molecular weight excluding hydrogens is 426 g/mol. The Hall–Kier alpha value is -2.60. The highest BCUT2D eigenvalue weighted by molar-refractivity contribution is 5.83. The Kier molecular flexibility index (Phi) is 6.77. The number of hydrogen-bond acceptors (Lipinski definition) is 5. The first kappa shape index (κ1) is 23.2. The van der Waals surface area contributed by atoms with E-state index in [2.05, 4.69) is 22.1 Å². The lowest BCUT2D eigenvalue weighted by Crippen LogP contribution is -2.66. The number of nitrogens with zero attached hydrogens (tertiary/aromatic N) is 3. The average molecular weight is 463 g/mol. The Morgan fingerprint density at radius 1 is 0.941 bits per heavy atom. The Labute approximate surface area is 202 Å². The molecule has 1 aromatic heterocycles. The van der Waals surface area contributed by atoms with Crippen LogP contribution in [0.25, 0.3) is 0 Å². The van der Waals surface area contributed by atoms with Crippen LogP contribution < -0.4 is 0 Å². The van der Waals surface area contributed by atoms with E-state index in [4.69, 9.17) is 4.74 Å². The molecule has 4 heterocycles. The van der Waals surface area contributed by atoms with Crippen LogP contribution in [0.1, 0.15) is 62.8 Å². The summed E-state index contributed by atoms with van der Waals surface area (Å²) in [7, 11) is 0. The summed E-state index contributed by atoms with van der Waals surface area (Å²) in [6, 6.07) is 12.0. The lowest BCUT2D eigenvalue weighted by atomic mass is 9.74. The van der Waals surface area contributed by atoms with Gasteiger partial charge in [-0.05, 0) is 24.5 Å². The quantitative estimate of drug-likeness (QED) is 0.353. The van der Waals surface area contributed by atoms with Crippen molar-refractivity contribution in [1.29, 1.82) is 0 Å². The smallest absolute Gasteiger partial charge is 0.317 e. The van der Waals surface area contributed by atoms with Gasteiger partial charge in [0.1, 0.15) is 18.9 Å². The van der Waals surface area contributed by atoms with E-state index >= 15 is 0 Å². The zero-order chi connectivity index (χ0) is 23.4. The molecule has 1 aromatic carbocycles. The molecule has 4 fully saturated rings. The van der Waals surface area contributed by atoms with Crippen LogP contribution in [0.5, 0.6) is 0 Å². The van der Waals surface area contributed by atoms with Gasteiger partial charge in [-0.3, -0.25) is 9.59 Å². The second-order valence-electron chi connectivity index (χ2n) is 10.7. The normalized spacial score (nSPS) is 28.1. The van der Waals surface area contributed by atoms with Gasteiger partial charge in [-0.2, -0.15) is 0 Å². The highest BCUT2D eigenvalue weighted by atomic mass is 16.5. The maximum Gasteiger partial charge on any atom is 0.317 e. The van der Waals surface area contributed by atoms with Crippen LogP contribution in [0.4, 0.5) is 0 Å². The van der Waals surface area contributed by atoms with Crippen molar-refractivity contribution in [2.75, 3.05) is 26.2 Å². The number of benzene rings is 1. The van der Waals surface area contributed by atoms with Crippen molar-refractivity contribution in [1.82, 2.24) is 9.97 Å². The van der Waals surface area contributed by atoms with E-state index in [0.29, 0.717) is 18.3 Å². The molecule has 6 rings (SSSR count). The molecule has 0 spiro atoms. The van der Waals surface area contributed by atoms with Crippen molar-refractivity contribution < 1.29 is 18.8 Å². The summed E-state index contributed by atoms with van der Waals surface area (Å²) >= 11 is 0. The molecule has 1 saturated carbocycles. The van der Waals surface area contributed by atoms with E-state index in [-0.39, 0.29) is 24.3 Å². The van der Waals surface area contributed by atoms with Crippen molar-refractivity contribution >= 4 is 11.8 Å². The van der Waals surface area contributed by atoms with Crippen LogP contribution in [0, 0.1) is 5.92 Å². The molecule has 6 nitrogen and oxygen atoms in total. The predicted molar refractivity (Wildman–Crippen MR) is 129 cm³/mol. The summed E-state index contributed by atoms with van der Waals surface area (Å²) in [5, 5.41) is 0. The van der Waals surface area contributed by atoms with Gasteiger partial charge in [-0.25, -0.2) is 9.97 Å². The first-order valence-corrected chi connectivity index (χ1v) is 13.0. The monoisotopic (exact) mass is 462 g/mol. The third kappa shape index (κ3) is 4.78. The first-order valence-electron chi connectivity index (χ1n) is 13.0. The van der Waals surface area contributed by atoms with Crippen LogP contribution in [0.15, 0.2) is 48.8 Å². The summed E-state index contributed by atoms with van der Waals surface area (Å²) in [4.78, 5) is 35.2. The van der Waals surface area contributed by atoms with Crippen LogP contribution >= 0.6 is 0 Å². The topological polar surface area (TPSA) is 69.2 Å². The van der Waals surface area contributed by atoms with Gasteiger partial charge >= 0.3 is 5.97 Å². The molecule has 2 aromatic rings. The summed E-state index contributed by atoms with van der Waals surface area (Å²) < 4.78 is 7.15. The number of esters is 1. The van der Waals surface area contributed by atoms with Gasteiger partial charge in [-0.1, -0.05) is 56.0 Å². The van der Waals surface area contributed by atoms with E-state index in [1.165, 1.54) is 12.8 Å². The van der Waals surface area contributed by atoms with Gasteiger partial charge in [0, 0.05) is 31.2 Å². The number of rotatable bonds is 7. The number of ketones is 1. The summed E-state index contributed by atoms with van der Waals surface area (Å²) in [6.45, 7) is 3.21. The Bertz CT molecular complexity index is 978. The average Bonchev–Trinajstić information content (AvgIpc) is 3.13.